The van der Waals surface area contributed by atoms with Crippen LogP contribution in [-0.2, 0) is 9.59 Å². The van der Waals surface area contributed by atoms with E-state index in [9.17, 15) is 14.0 Å². The van der Waals surface area contributed by atoms with Crippen LogP contribution in [0.5, 0.6) is 0 Å². The summed E-state index contributed by atoms with van der Waals surface area (Å²) in [5.41, 5.74) is 3.04. The van der Waals surface area contributed by atoms with Crippen LogP contribution >= 0.6 is 11.6 Å². The topological polar surface area (TPSA) is 58.2 Å². The number of carbonyl (C=O) groups is 2. The molecule has 0 unspecified atom stereocenters. The van der Waals surface area contributed by atoms with Crippen molar-refractivity contribution in [3.63, 3.8) is 0 Å². The molecule has 2 aromatic rings. The van der Waals surface area contributed by atoms with Crippen LogP contribution in [0.2, 0.25) is 5.02 Å². The fraction of sp³-hybridized carbons (Fsp3) is 0.300. The van der Waals surface area contributed by atoms with Crippen LogP contribution in [0.25, 0.3) is 0 Å². The maximum atomic E-state index is 13.2. The average molecular weight is 375 g/mol. The first-order valence-electron chi connectivity index (χ1n) is 8.39. The Hall–Kier alpha value is -2.40. The fourth-order valence-electron chi connectivity index (χ4n) is 3.12. The second kappa shape index (κ2) is 6.72. The lowest BCUT2D eigenvalue weighted by atomic mass is 10.0. The molecule has 0 radical (unpaired) electrons. The largest absolute Gasteiger partial charge is 0.325 e. The summed E-state index contributed by atoms with van der Waals surface area (Å²) < 4.78 is 13.2. The summed E-state index contributed by atoms with van der Waals surface area (Å²) in [5.74, 6) is -1.28. The van der Waals surface area contributed by atoms with Gasteiger partial charge in [0.25, 0.3) is 0 Å². The number of carbonyl (C=O) groups excluding carboxylic acids is 2. The Morgan fingerprint density at radius 1 is 1.00 bits per heavy atom. The van der Waals surface area contributed by atoms with Gasteiger partial charge >= 0.3 is 0 Å². The van der Waals surface area contributed by atoms with Crippen LogP contribution < -0.4 is 10.6 Å². The number of aryl methyl sites for hydroxylation is 3. The third-order valence-electron chi connectivity index (χ3n) is 4.71. The molecule has 0 heterocycles. The Balaban J connectivity index is 1.76. The van der Waals surface area contributed by atoms with Crippen LogP contribution in [0.3, 0.4) is 0 Å². The van der Waals surface area contributed by atoms with Crippen molar-refractivity contribution in [2.75, 3.05) is 10.6 Å². The molecule has 0 saturated heterocycles. The van der Waals surface area contributed by atoms with Gasteiger partial charge in [0.1, 0.15) is 11.2 Å². The highest BCUT2D eigenvalue weighted by Crippen LogP contribution is 2.48. The molecule has 3 rings (SSSR count). The van der Waals surface area contributed by atoms with E-state index in [2.05, 4.69) is 10.6 Å². The van der Waals surface area contributed by atoms with Gasteiger partial charge in [0.15, 0.2) is 0 Å². The van der Waals surface area contributed by atoms with E-state index in [1.54, 1.807) is 0 Å². The van der Waals surface area contributed by atoms with Crippen molar-refractivity contribution in [2.24, 2.45) is 5.41 Å². The molecule has 0 bridgehead atoms. The molecule has 0 atom stereocenters. The molecule has 2 N–H and O–H groups in total. The van der Waals surface area contributed by atoms with Gasteiger partial charge in [0, 0.05) is 11.4 Å². The van der Waals surface area contributed by atoms with E-state index in [1.165, 1.54) is 18.2 Å². The monoisotopic (exact) mass is 374 g/mol. The van der Waals surface area contributed by atoms with E-state index in [4.69, 9.17) is 11.6 Å². The van der Waals surface area contributed by atoms with Crippen molar-refractivity contribution in [3.8, 4) is 0 Å². The van der Waals surface area contributed by atoms with E-state index in [1.807, 2.05) is 32.9 Å². The van der Waals surface area contributed by atoms with Crippen molar-refractivity contribution >= 4 is 34.8 Å². The predicted octanol–water partition coefficient (Wildman–Crippen LogP) is 4.76. The first-order valence-corrected chi connectivity index (χ1v) is 8.76. The van der Waals surface area contributed by atoms with E-state index in [-0.39, 0.29) is 10.9 Å². The zero-order chi connectivity index (χ0) is 19.1. The predicted molar refractivity (Wildman–Crippen MR) is 101 cm³/mol. The number of nitrogens with one attached hydrogen (secondary N) is 2. The lowest BCUT2D eigenvalue weighted by Crippen LogP contribution is -2.36. The van der Waals surface area contributed by atoms with E-state index >= 15 is 0 Å². The standard InChI is InChI=1S/C20H20ClFN2O2/c1-11-8-12(2)17(13(3)9-11)24-19(26)20(6-7-20)18(25)23-14-4-5-16(22)15(21)10-14/h4-5,8-10H,6-7H2,1-3H3,(H,23,25)(H,24,26). The van der Waals surface area contributed by atoms with Gasteiger partial charge in [-0.1, -0.05) is 29.3 Å². The summed E-state index contributed by atoms with van der Waals surface area (Å²) in [6.45, 7) is 5.85. The minimum Gasteiger partial charge on any atom is -0.325 e. The van der Waals surface area contributed by atoms with Gasteiger partial charge in [0.05, 0.1) is 5.02 Å². The summed E-state index contributed by atoms with van der Waals surface area (Å²) in [4.78, 5) is 25.4. The molecule has 1 aliphatic rings. The highest BCUT2D eigenvalue weighted by Gasteiger charge is 2.56. The molecule has 1 fully saturated rings. The number of halogens is 2. The Morgan fingerprint density at radius 2 is 1.58 bits per heavy atom. The van der Waals surface area contributed by atoms with Crippen molar-refractivity contribution in [1.82, 2.24) is 0 Å². The average Bonchev–Trinajstić information content (AvgIpc) is 3.36. The second-order valence-corrected chi connectivity index (χ2v) is 7.30. The second-order valence-electron chi connectivity index (χ2n) is 6.89. The Kier molecular flexibility index (Phi) is 4.76. The number of rotatable bonds is 4. The van der Waals surface area contributed by atoms with Crippen LogP contribution in [0.15, 0.2) is 30.3 Å². The molecule has 136 valence electrons. The van der Waals surface area contributed by atoms with Crippen LogP contribution in [-0.4, -0.2) is 11.8 Å². The first-order chi connectivity index (χ1) is 12.2. The summed E-state index contributed by atoms with van der Waals surface area (Å²) in [7, 11) is 0. The zero-order valence-corrected chi connectivity index (χ0v) is 15.6. The van der Waals surface area contributed by atoms with Crippen molar-refractivity contribution < 1.29 is 14.0 Å². The maximum Gasteiger partial charge on any atom is 0.240 e. The van der Waals surface area contributed by atoms with Gasteiger partial charge < -0.3 is 10.6 Å². The molecule has 1 aliphatic carbocycles. The molecular weight excluding hydrogens is 355 g/mol. The molecule has 0 aromatic heterocycles. The first kappa shape index (κ1) is 18.4. The lowest BCUT2D eigenvalue weighted by Gasteiger charge is -2.18. The molecule has 1 saturated carbocycles. The highest BCUT2D eigenvalue weighted by molar-refractivity contribution is 6.31. The summed E-state index contributed by atoms with van der Waals surface area (Å²) in [6, 6.07) is 7.90. The van der Waals surface area contributed by atoms with Gasteiger partial charge in [-0.05, 0) is 62.9 Å². The molecule has 2 amide bonds. The molecule has 2 aromatic carbocycles. The number of benzene rings is 2. The summed E-state index contributed by atoms with van der Waals surface area (Å²) in [6.07, 6.45) is 0.951. The number of hydrogen-bond acceptors (Lipinski definition) is 2. The molecular formula is C20H20ClFN2O2. The minimum absolute atomic E-state index is 0.0806. The SMILES string of the molecule is Cc1cc(C)c(NC(=O)C2(C(=O)Nc3ccc(F)c(Cl)c3)CC2)c(C)c1. The Morgan fingerprint density at radius 3 is 2.12 bits per heavy atom. The lowest BCUT2D eigenvalue weighted by molar-refractivity contribution is -0.131. The summed E-state index contributed by atoms with van der Waals surface area (Å²) >= 11 is 5.74. The summed E-state index contributed by atoms with van der Waals surface area (Å²) in [5, 5.41) is 5.50. The molecule has 0 aliphatic heterocycles. The number of hydrogen-bond donors (Lipinski definition) is 2. The Bertz CT molecular complexity index is 884. The van der Waals surface area contributed by atoms with Gasteiger partial charge in [-0.2, -0.15) is 0 Å². The molecule has 6 heteroatoms. The third kappa shape index (κ3) is 3.44. The molecule has 26 heavy (non-hydrogen) atoms. The smallest absolute Gasteiger partial charge is 0.240 e. The van der Waals surface area contributed by atoms with Crippen molar-refractivity contribution in [3.05, 3.63) is 57.9 Å². The van der Waals surface area contributed by atoms with Crippen LogP contribution in [0, 0.1) is 32.0 Å². The zero-order valence-electron chi connectivity index (χ0n) is 14.9. The van der Waals surface area contributed by atoms with Crippen LogP contribution in [0.4, 0.5) is 15.8 Å². The highest BCUT2D eigenvalue weighted by atomic mass is 35.5. The van der Waals surface area contributed by atoms with Gasteiger partial charge in [-0.25, -0.2) is 4.39 Å². The van der Waals surface area contributed by atoms with Crippen LogP contribution in [0.1, 0.15) is 29.5 Å². The van der Waals surface area contributed by atoms with Gasteiger partial charge in [0.2, 0.25) is 11.8 Å². The van der Waals surface area contributed by atoms with Crippen molar-refractivity contribution in [2.45, 2.75) is 33.6 Å². The number of anilines is 2. The fourth-order valence-corrected chi connectivity index (χ4v) is 3.30. The maximum absolute atomic E-state index is 13.2. The molecule has 0 spiro atoms. The van der Waals surface area contributed by atoms with Gasteiger partial charge in [-0.3, -0.25) is 9.59 Å². The normalized spacial score (nSPS) is 14.7. The van der Waals surface area contributed by atoms with E-state index in [0.717, 1.165) is 22.4 Å². The van der Waals surface area contributed by atoms with E-state index < -0.39 is 17.1 Å². The van der Waals surface area contributed by atoms with E-state index in [0.29, 0.717) is 18.5 Å². The third-order valence-corrected chi connectivity index (χ3v) is 5.00. The molecule has 4 nitrogen and oxygen atoms in total. The number of amides is 2. The minimum atomic E-state index is -1.09. The Labute approximate surface area is 156 Å². The van der Waals surface area contributed by atoms with Crippen molar-refractivity contribution in [1.29, 1.82) is 0 Å². The quantitative estimate of drug-likeness (QED) is 0.758. The van der Waals surface area contributed by atoms with Gasteiger partial charge in [-0.15, -0.1) is 0 Å².